The van der Waals surface area contributed by atoms with Crippen molar-refractivity contribution in [3.8, 4) is 0 Å². The molecule has 2 N–H and O–H groups in total. The lowest BCUT2D eigenvalue weighted by molar-refractivity contribution is 0.260. The number of halogens is 2. The van der Waals surface area contributed by atoms with Gasteiger partial charge >= 0.3 is 0 Å². The van der Waals surface area contributed by atoms with Crippen molar-refractivity contribution in [1.29, 1.82) is 0 Å². The first-order valence-corrected chi connectivity index (χ1v) is 4.59. The van der Waals surface area contributed by atoms with E-state index >= 15 is 0 Å². The summed E-state index contributed by atoms with van der Waals surface area (Å²) in [5.74, 6) is 0.593. The topological polar surface area (TPSA) is 29.3 Å². The van der Waals surface area contributed by atoms with E-state index in [4.69, 9.17) is 5.73 Å². The van der Waals surface area contributed by atoms with Crippen LogP contribution in [0, 0.1) is 5.92 Å². The van der Waals surface area contributed by atoms with Crippen LogP contribution in [0.4, 0.5) is 0 Å². The molecule has 0 aromatic carbocycles. The molecule has 0 bridgehead atoms. The summed E-state index contributed by atoms with van der Waals surface area (Å²) in [5.41, 5.74) is 5.93. The first kappa shape index (κ1) is 19.1. The van der Waals surface area contributed by atoms with Crippen LogP contribution in [0.25, 0.3) is 0 Å². The highest BCUT2D eigenvalue weighted by Gasteiger charge is 2.10. The second-order valence-electron chi connectivity index (χ2n) is 3.39. The molecule has 0 saturated carbocycles. The Bertz CT molecular complexity index is 95.6. The molecule has 0 radical (unpaired) electrons. The highest BCUT2D eigenvalue weighted by atomic mass is 35.5. The fourth-order valence-electron chi connectivity index (χ4n) is 0.991. The Morgan fingerprint density at radius 3 is 1.69 bits per heavy atom. The molecule has 2 nitrogen and oxygen atoms in total. The van der Waals surface area contributed by atoms with E-state index in [1.165, 1.54) is 0 Å². The van der Waals surface area contributed by atoms with Gasteiger partial charge in [0.15, 0.2) is 0 Å². The molecule has 0 aromatic rings. The van der Waals surface area contributed by atoms with Gasteiger partial charge in [0.1, 0.15) is 0 Å². The molecule has 0 spiro atoms. The van der Waals surface area contributed by atoms with Crippen LogP contribution in [0.15, 0.2) is 0 Å². The molecule has 4 heteroatoms. The maximum absolute atomic E-state index is 5.93. The van der Waals surface area contributed by atoms with Crippen LogP contribution < -0.4 is 5.73 Å². The minimum atomic E-state index is 0. The van der Waals surface area contributed by atoms with Gasteiger partial charge in [-0.25, -0.2) is 0 Å². The second-order valence-corrected chi connectivity index (χ2v) is 3.39. The molecule has 0 aliphatic heterocycles. The number of hydrogen-bond donors (Lipinski definition) is 1. The molecule has 1 unspecified atom stereocenters. The second kappa shape index (κ2) is 10.6. The highest BCUT2D eigenvalue weighted by molar-refractivity contribution is 5.85. The lowest BCUT2D eigenvalue weighted by Gasteiger charge is -2.24. The van der Waals surface area contributed by atoms with Crippen LogP contribution in [0.1, 0.15) is 27.7 Å². The lowest BCUT2D eigenvalue weighted by Crippen LogP contribution is -2.40. The summed E-state index contributed by atoms with van der Waals surface area (Å²) in [5, 5.41) is 0. The summed E-state index contributed by atoms with van der Waals surface area (Å²) < 4.78 is 0. The number of likely N-dealkylation sites (N-methyl/N-ethyl adjacent to an activating group) is 1. The van der Waals surface area contributed by atoms with E-state index in [-0.39, 0.29) is 24.8 Å². The maximum atomic E-state index is 5.93. The Balaban J connectivity index is -0.000000500. The van der Waals surface area contributed by atoms with E-state index in [1.807, 2.05) is 0 Å². The van der Waals surface area contributed by atoms with Gasteiger partial charge in [-0.15, -0.1) is 24.8 Å². The van der Waals surface area contributed by atoms with Crippen molar-refractivity contribution in [2.45, 2.75) is 33.7 Å². The predicted octanol–water partition coefficient (Wildman–Crippen LogP) is 2.16. The van der Waals surface area contributed by atoms with Gasteiger partial charge in [0.2, 0.25) is 0 Å². The zero-order valence-electron chi connectivity index (χ0n) is 9.12. The molecule has 13 heavy (non-hydrogen) atoms. The molecule has 0 saturated heterocycles. The molecular weight excluding hydrogens is 207 g/mol. The van der Waals surface area contributed by atoms with Crippen molar-refractivity contribution in [3.63, 3.8) is 0 Å². The van der Waals surface area contributed by atoms with Gasteiger partial charge in [-0.2, -0.15) is 0 Å². The number of hydrogen-bond acceptors (Lipinski definition) is 2. The fraction of sp³-hybridized carbons (Fsp3) is 1.00. The normalized spacial score (nSPS) is 12.2. The molecule has 0 aliphatic rings. The smallest absolute Gasteiger partial charge is 0.0191 e. The third-order valence-electron chi connectivity index (χ3n) is 2.22. The third kappa shape index (κ3) is 8.82. The Morgan fingerprint density at radius 1 is 1.08 bits per heavy atom. The van der Waals surface area contributed by atoms with Crippen molar-refractivity contribution >= 4 is 24.8 Å². The van der Waals surface area contributed by atoms with Crippen molar-refractivity contribution in [2.24, 2.45) is 11.7 Å². The van der Waals surface area contributed by atoms with Gasteiger partial charge in [-0.1, -0.05) is 27.7 Å². The minimum absolute atomic E-state index is 0. The number of nitrogens with two attached hydrogens (primary N) is 1. The quantitative estimate of drug-likeness (QED) is 0.785. The molecule has 84 valence electrons. The van der Waals surface area contributed by atoms with Crippen molar-refractivity contribution in [1.82, 2.24) is 4.90 Å². The highest BCUT2D eigenvalue weighted by Crippen LogP contribution is 2.00. The molecule has 0 aliphatic carbocycles. The summed E-state index contributed by atoms with van der Waals surface area (Å²) in [6.45, 7) is 12.0. The predicted molar refractivity (Wildman–Crippen MR) is 65.1 cm³/mol. The summed E-state index contributed by atoms with van der Waals surface area (Å²) in [6.07, 6.45) is 0. The van der Waals surface area contributed by atoms with Gasteiger partial charge < -0.3 is 10.6 Å². The third-order valence-corrected chi connectivity index (χ3v) is 2.22. The molecule has 0 rings (SSSR count). The van der Waals surface area contributed by atoms with Gasteiger partial charge in [-0.05, 0) is 19.0 Å². The fourth-order valence-corrected chi connectivity index (χ4v) is 0.991. The standard InChI is InChI=1S/C9H22N2.2ClH/c1-5-11(6-2)7-9(10)8(3)4;;/h8-9H,5-7,10H2,1-4H3;2*1H. The van der Waals surface area contributed by atoms with Crippen LogP contribution in [-0.4, -0.2) is 30.6 Å². The van der Waals surface area contributed by atoms with Crippen molar-refractivity contribution in [2.75, 3.05) is 19.6 Å². The molecule has 1 atom stereocenters. The lowest BCUT2D eigenvalue weighted by atomic mass is 10.1. The van der Waals surface area contributed by atoms with Crippen molar-refractivity contribution < 1.29 is 0 Å². The van der Waals surface area contributed by atoms with Crippen molar-refractivity contribution in [3.05, 3.63) is 0 Å². The van der Waals surface area contributed by atoms with Gasteiger partial charge in [-0.3, -0.25) is 0 Å². The minimum Gasteiger partial charge on any atom is -0.326 e. The Hall–Kier alpha value is 0.500. The monoisotopic (exact) mass is 230 g/mol. The van der Waals surface area contributed by atoms with E-state index < -0.39 is 0 Å². The molecule has 0 fully saturated rings. The molecule has 0 heterocycles. The molecule has 0 aromatic heterocycles. The first-order valence-electron chi connectivity index (χ1n) is 4.59. The summed E-state index contributed by atoms with van der Waals surface area (Å²) >= 11 is 0. The molecule has 0 amide bonds. The Kier molecular flexibility index (Phi) is 15.6. The first-order chi connectivity index (χ1) is 5.11. The molecular formula is C9H24Cl2N2. The average Bonchev–Trinajstić information content (AvgIpc) is 1.99. The summed E-state index contributed by atoms with van der Waals surface area (Å²) in [4.78, 5) is 2.37. The zero-order chi connectivity index (χ0) is 8.85. The maximum Gasteiger partial charge on any atom is 0.0191 e. The van der Waals surface area contributed by atoms with E-state index in [0.717, 1.165) is 19.6 Å². The van der Waals surface area contributed by atoms with Gasteiger partial charge in [0.25, 0.3) is 0 Å². The average molecular weight is 231 g/mol. The summed E-state index contributed by atoms with van der Waals surface area (Å²) in [6, 6.07) is 0.329. The van der Waals surface area contributed by atoms with Gasteiger partial charge in [0.05, 0.1) is 0 Å². The van der Waals surface area contributed by atoms with E-state index in [2.05, 4.69) is 32.6 Å². The van der Waals surface area contributed by atoms with Crippen LogP contribution in [-0.2, 0) is 0 Å². The Morgan fingerprint density at radius 2 is 1.46 bits per heavy atom. The van der Waals surface area contributed by atoms with E-state index in [9.17, 15) is 0 Å². The Labute approximate surface area is 95.1 Å². The van der Waals surface area contributed by atoms with Crippen LogP contribution in [0.3, 0.4) is 0 Å². The number of nitrogens with zero attached hydrogens (tertiary/aromatic N) is 1. The SMILES string of the molecule is CCN(CC)CC(N)C(C)C.Cl.Cl. The largest absolute Gasteiger partial charge is 0.326 e. The number of rotatable bonds is 5. The van der Waals surface area contributed by atoms with Crippen LogP contribution >= 0.6 is 24.8 Å². The van der Waals surface area contributed by atoms with Gasteiger partial charge in [0, 0.05) is 12.6 Å². The zero-order valence-corrected chi connectivity index (χ0v) is 10.8. The van der Waals surface area contributed by atoms with Crippen LogP contribution in [0.5, 0.6) is 0 Å². The summed E-state index contributed by atoms with van der Waals surface area (Å²) in [7, 11) is 0. The van der Waals surface area contributed by atoms with Crippen LogP contribution in [0.2, 0.25) is 0 Å². The van der Waals surface area contributed by atoms with E-state index in [0.29, 0.717) is 12.0 Å². The van der Waals surface area contributed by atoms with E-state index in [1.54, 1.807) is 0 Å².